The third-order valence-electron chi connectivity index (χ3n) is 5.02. The summed E-state index contributed by atoms with van der Waals surface area (Å²) in [6.07, 6.45) is 1.41. The zero-order chi connectivity index (χ0) is 23.3. The Hall–Kier alpha value is -2.41. The molecule has 0 saturated heterocycles. The first-order valence-corrected chi connectivity index (χ1v) is 11.1. The van der Waals surface area contributed by atoms with Gasteiger partial charge in [0.2, 0.25) is 0 Å². The maximum atomic E-state index is 12.4. The van der Waals surface area contributed by atoms with Crippen molar-refractivity contribution in [3.63, 3.8) is 0 Å². The normalized spacial score (nSPS) is 11.9. The SMILES string of the molecule is CC(C)(CCOCCOCCC(C)(C)C(=O)Oc1ccccc1)COOc1ccccc1. The van der Waals surface area contributed by atoms with E-state index in [-0.39, 0.29) is 11.4 Å². The summed E-state index contributed by atoms with van der Waals surface area (Å²) in [5.41, 5.74) is -0.693. The van der Waals surface area contributed by atoms with Gasteiger partial charge in [-0.25, -0.2) is 0 Å². The standard InChI is InChI=1S/C26H36O6/c1-25(2,21-30-32-23-13-9-6-10-14-23)15-17-28-19-20-29-18-16-26(3,4)24(27)31-22-11-7-5-8-12-22/h5-14H,15-21H2,1-4H3. The van der Waals surface area contributed by atoms with E-state index < -0.39 is 5.41 Å². The summed E-state index contributed by atoms with van der Waals surface area (Å²) in [4.78, 5) is 23.0. The molecule has 2 aromatic rings. The van der Waals surface area contributed by atoms with Crippen LogP contribution in [0.25, 0.3) is 0 Å². The molecule has 0 N–H and O–H groups in total. The molecule has 0 spiro atoms. The maximum absolute atomic E-state index is 12.4. The first-order valence-electron chi connectivity index (χ1n) is 11.1. The Morgan fingerprint density at radius 3 is 1.84 bits per heavy atom. The summed E-state index contributed by atoms with van der Waals surface area (Å²) in [7, 11) is 0. The minimum atomic E-state index is -0.622. The predicted molar refractivity (Wildman–Crippen MR) is 124 cm³/mol. The van der Waals surface area contributed by atoms with E-state index in [1.807, 2.05) is 62.4 Å². The lowest BCUT2D eigenvalue weighted by atomic mass is 9.90. The predicted octanol–water partition coefficient (Wildman–Crippen LogP) is 5.47. The van der Waals surface area contributed by atoms with E-state index >= 15 is 0 Å². The van der Waals surface area contributed by atoms with E-state index in [0.717, 1.165) is 6.42 Å². The van der Waals surface area contributed by atoms with Gasteiger partial charge in [0.25, 0.3) is 0 Å². The fourth-order valence-electron chi connectivity index (χ4n) is 2.64. The highest BCUT2D eigenvalue weighted by Gasteiger charge is 2.29. The number of para-hydroxylation sites is 2. The number of hydrogen-bond acceptors (Lipinski definition) is 6. The van der Waals surface area contributed by atoms with Crippen LogP contribution >= 0.6 is 0 Å². The summed E-state index contributed by atoms with van der Waals surface area (Å²) in [5, 5.41) is 0. The third kappa shape index (κ3) is 10.3. The molecule has 0 aliphatic rings. The quantitative estimate of drug-likeness (QED) is 0.119. The van der Waals surface area contributed by atoms with Crippen molar-refractivity contribution < 1.29 is 28.8 Å². The third-order valence-corrected chi connectivity index (χ3v) is 5.02. The highest BCUT2D eigenvalue weighted by Crippen LogP contribution is 2.24. The van der Waals surface area contributed by atoms with Crippen molar-refractivity contribution in [2.45, 2.75) is 40.5 Å². The maximum Gasteiger partial charge on any atom is 0.316 e. The molecule has 6 heteroatoms. The van der Waals surface area contributed by atoms with Crippen molar-refractivity contribution in [3.8, 4) is 11.5 Å². The molecule has 0 amide bonds. The van der Waals surface area contributed by atoms with Crippen LogP contribution in [-0.2, 0) is 19.2 Å². The van der Waals surface area contributed by atoms with Gasteiger partial charge in [0.1, 0.15) is 5.75 Å². The van der Waals surface area contributed by atoms with E-state index in [9.17, 15) is 4.79 Å². The lowest BCUT2D eigenvalue weighted by Crippen LogP contribution is -2.30. The first kappa shape index (κ1) is 25.8. The van der Waals surface area contributed by atoms with Crippen molar-refractivity contribution in [1.29, 1.82) is 0 Å². The van der Waals surface area contributed by atoms with Crippen LogP contribution in [0.5, 0.6) is 11.5 Å². The zero-order valence-corrected chi connectivity index (χ0v) is 19.7. The van der Waals surface area contributed by atoms with Crippen LogP contribution < -0.4 is 9.62 Å². The molecule has 0 heterocycles. The Bertz CT molecular complexity index is 773. The Morgan fingerprint density at radius 1 is 0.719 bits per heavy atom. The van der Waals surface area contributed by atoms with Gasteiger partial charge < -0.3 is 19.1 Å². The largest absolute Gasteiger partial charge is 0.426 e. The molecule has 0 atom stereocenters. The highest BCUT2D eigenvalue weighted by atomic mass is 17.2. The Labute approximate surface area is 191 Å². The lowest BCUT2D eigenvalue weighted by Gasteiger charge is -2.23. The smallest absolute Gasteiger partial charge is 0.316 e. The molecule has 0 bridgehead atoms. The van der Waals surface area contributed by atoms with Crippen LogP contribution in [0.3, 0.4) is 0 Å². The second kappa shape index (κ2) is 13.2. The van der Waals surface area contributed by atoms with E-state index in [2.05, 4.69) is 13.8 Å². The van der Waals surface area contributed by atoms with E-state index in [4.69, 9.17) is 24.0 Å². The minimum absolute atomic E-state index is 0.0707. The minimum Gasteiger partial charge on any atom is -0.426 e. The van der Waals surface area contributed by atoms with Crippen LogP contribution in [0.4, 0.5) is 0 Å². The van der Waals surface area contributed by atoms with Crippen molar-refractivity contribution in [2.24, 2.45) is 10.8 Å². The van der Waals surface area contributed by atoms with Gasteiger partial charge in [-0.3, -0.25) is 4.79 Å². The summed E-state index contributed by atoms with van der Waals surface area (Å²) < 4.78 is 16.8. The average Bonchev–Trinajstić information content (AvgIpc) is 2.77. The molecular formula is C26H36O6. The number of rotatable bonds is 15. The van der Waals surface area contributed by atoms with Crippen molar-refractivity contribution >= 4 is 5.97 Å². The molecule has 0 radical (unpaired) electrons. The molecule has 2 aromatic carbocycles. The van der Waals surface area contributed by atoms with Crippen molar-refractivity contribution in [3.05, 3.63) is 60.7 Å². The molecule has 0 aliphatic heterocycles. The van der Waals surface area contributed by atoms with Crippen LogP contribution in [0.15, 0.2) is 60.7 Å². The van der Waals surface area contributed by atoms with Crippen molar-refractivity contribution in [1.82, 2.24) is 0 Å². The Morgan fingerprint density at radius 2 is 1.25 bits per heavy atom. The molecule has 0 aliphatic carbocycles. The monoisotopic (exact) mass is 444 g/mol. The molecule has 0 unspecified atom stereocenters. The summed E-state index contributed by atoms with van der Waals surface area (Å²) in [5.74, 6) is 0.984. The van der Waals surface area contributed by atoms with Gasteiger partial charge in [-0.2, -0.15) is 4.89 Å². The number of carbonyl (C=O) groups excluding carboxylic acids is 1. The van der Waals surface area contributed by atoms with Gasteiger partial charge in [-0.15, -0.1) is 0 Å². The second-order valence-corrected chi connectivity index (χ2v) is 9.13. The molecule has 32 heavy (non-hydrogen) atoms. The number of carbonyl (C=O) groups is 1. The van der Waals surface area contributed by atoms with E-state index in [1.165, 1.54) is 0 Å². The molecule has 0 fully saturated rings. The van der Waals surface area contributed by atoms with Gasteiger partial charge in [-0.1, -0.05) is 50.2 Å². The fourth-order valence-corrected chi connectivity index (χ4v) is 2.64. The molecule has 2 rings (SSSR count). The molecular weight excluding hydrogens is 408 g/mol. The van der Waals surface area contributed by atoms with Crippen LogP contribution in [0, 0.1) is 10.8 Å². The Kier molecular flexibility index (Phi) is 10.7. The van der Waals surface area contributed by atoms with Crippen molar-refractivity contribution in [2.75, 3.05) is 33.0 Å². The molecule has 176 valence electrons. The summed E-state index contributed by atoms with van der Waals surface area (Å²) in [6.45, 7) is 10.5. The topological polar surface area (TPSA) is 63.2 Å². The summed E-state index contributed by atoms with van der Waals surface area (Å²) >= 11 is 0. The number of hydrogen-bond donors (Lipinski definition) is 0. The second-order valence-electron chi connectivity index (χ2n) is 9.13. The molecule has 6 nitrogen and oxygen atoms in total. The molecule has 0 aromatic heterocycles. The van der Waals surface area contributed by atoms with Gasteiger partial charge in [0.15, 0.2) is 5.75 Å². The summed E-state index contributed by atoms with van der Waals surface area (Å²) in [6, 6.07) is 18.5. The lowest BCUT2D eigenvalue weighted by molar-refractivity contribution is -0.227. The number of esters is 1. The van der Waals surface area contributed by atoms with E-state index in [1.54, 1.807) is 12.1 Å². The van der Waals surface area contributed by atoms with Gasteiger partial charge >= 0.3 is 5.97 Å². The number of benzene rings is 2. The average molecular weight is 445 g/mol. The zero-order valence-electron chi connectivity index (χ0n) is 19.7. The number of ether oxygens (including phenoxy) is 3. The first-order chi connectivity index (χ1) is 15.3. The van der Waals surface area contributed by atoms with Crippen LogP contribution in [0.1, 0.15) is 40.5 Å². The van der Waals surface area contributed by atoms with Gasteiger partial charge in [0.05, 0.1) is 25.2 Å². The van der Waals surface area contributed by atoms with Gasteiger partial charge in [0, 0.05) is 13.2 Å². The van der Waals surface area contributed by atoms with Gasteiger partial charge in [-0.05, 0) is 56.4 Å². The Balaban J connectivity index is 1.50. The molecule has 0 saturated carbocycles. The fraction of sp³-hybridized carbons (Fsp3) is 0.500. The van der Waals surface area contributed by atoms with E-state index in [0.29, 0.717) is 51.0 Å². The van der Waals surface area contributed by atoms with Crippen LogP contribution in [0.2, 0.25) is 0 Å². The highest BCUT2D eigenvalue weighted by molar-refractivity contribution is 5.78. The van der Waals surface area contributed by atoms with Crippen LogP contribution in [-0.4, -0.2) is 39.0 Å².